The Morgan fingerprint density at radius 3 is 3.12 bits per heavy atom. The summed E-state index contributed by atoms with van der Waals surface area (Å²) in [5, 5.41) is 2.99. The molecule has 0 unspecified atom stereocenters. The number of nitrogens with one attached hydrogen (secondary N) is 2. The van der Waals surface area contributed by atoms with Crippen molar-refractivity contribution in [2.75, 3.05) is 18.0 Å². The molecule has 1 saturated heterocycles. The zero-order valence-electron chi connectivity index (χ0n) is 14.0. The van der Waals surface area contributed by atoms with Gasteiger partial charge >= 0.3 is 0 Å². The summed E-state index contributed by atoms with van der Waals surface area (Å²) in [6.45, 7) is 2.99. The zero-order valence-corrected chi connectivity index (χ0v) is 14.0. The molecule has 0 radical (unpaired) electrons. The van der Waals surface area contributed by atoms with Crippen molar-refractivity contribution in [3.63, 3.8) is 0 Å². The van der Waals surface area contributed by atoms with Crippen molar-refractivity contribution in [1.82, 2.24) is 20.3 Å². The molecule has 2 atom stereocenters. The van der Waals surface area contributed by atoms with Gasteiger partial charge in [0.25, 0.3) is 11.5 Å². The zero-order chi connectivity index (χ0) is 17.6. The van der Waals surface area contributed by atoms with Gasteiger partial charge in [-0.05, 0) is 31.9 Å². The van der Waals surface area contributed by atoms with E-state index in [2.05, 4.69) is 20.3 Å². The largest absolute Gasteiger partial charge is 0.479 e. The van der Waals surface area contributed by atoms with Crippen LogP contribution in [0.15, 0.2) is 41.7 Å². The first-order chi connectivity index (χ1) is 12.1. The molecule has 2 aromatic rings. The Morgan fingerprint density at radius 1 is 1.48 bits per heavy atom. The Balaban J connectivity index is 1.58. The predicted molar refractivity (Wildman–Crippen MR) is 92.6 cm³/mol. The fourth-order valence-electron chi connectivity index (χ4n) is 2.85. The van der Waals surface area contributed by atoms with E-state index in [1.54, 1.807) is 37.6 Å². The monoisotopic (exact) mass is 343 g/mol. The molecule has 3 heterocycles. The third-order valence-corrected chi connectivity index (χ3v) is 4.07. The van der Waals surface area contributed by atoms with Gasteiger partial charge in [-0.1, -0.05) is 0 Å². The molecule has 132 valence electrons. The number of aromatic nitrogens is 3. The van der Waals surface area contributed by atoms with E-state index < -0.39 is 6.10 Å². The Morgan fingerprint density at radius 2 is 2.36 bits per heavy atom. The van der Waals surface area contributed by atoms with E-state index in [0.717, 1.165) is 19.4 Å². The first-order valence-corrected chi connectivity index (χ1v) is 8.29. The molecule has 3 rings (SSSR count). The molecule has 0 spiro atoms. The number of aromatic amines is 1. The maximum Gasteiger partial charge on any atom is 0.290 e. The Kier molecular flexibility index (Phi) is 5.27. The van der Waals surface area contributed by atoms with Crippen molar-refractivity contribution in [2.45, 2.75) is 31.9 Å². The third-order valence-electron chi connectivity index (χ3n) is 4.07. The average Bonchev–Trinajstić information content (AvgIpc) is 2.63. The van der Waals surface area contributed by atoms with Crippen LogP contribution in [-0.4, -0.2) is 46.1 Å². The van der Waals surface area contributed by atoms with Crippen molar-refractivity contribution in [2.24, 2.45) is 0 Å². The summed E-state index contributed by atoms with van der Waals surface area (Å²) < 4.78 is 5.59. The van der Waals surface area contributed by atoms with E-state index in [4.69, 9.17) is 4.74 Å². The van der Waals surface area contributed by atoms with Crippen LogP contribution in [0, 0.1) is 0 Å². The summed E-state index contributed by atoms with van der Waals surface area (Å²) in [6.07, 6.45) is 7.38. The topological polar surface area (TPSA) is 100 Å². The van der Waals surface area contributed by atoms with Gasteiger partial charge in [0.1, 0.15) is 5.75 Å². The van der Waals surface area contributed by atoms with Crippen LogP contribution in [0.4, 0.5) is 5.82 Å². The summed E-state index contributed by atoms with van der Waals surface area (Å²) in [7, 11) is 0. The lowest BCUT2D eigenvalue weighted by molar-refractivity contribution is -0.128. The van der Waals surface area contributed by atoms with Gasteiger partial charge < -0.3 is 19.9 Å². The lowest BCUT2D eigenvalue weighted by Crippen LogP contribution is -2.51. The standard InChI is InChI=1S/C17H21N5O3/c1-12(25-14-5-2-6-18-10-14)16(23)21-13-4-3-9-22(11-13)15-17(24)20-8-7-19-15/h2,5-8,10,12-13H,3-4,9,11H2,1H3,(H,20,24)(H,21,23)/t12-,13+/m1/s1. The molecule has 2 N–H and O–H groups in total. The van der Waals surface area contributed by atoms with Crippen LogP contribution in [-0.2, 0) is 4.79 Å². The van der Waals surface area contributed by atoms with Crippen LogP contribution in [0.5, 0.6) is 5.75 Å². The molecule has 8 nitrogen and oxygen atoms in total. The molecule has 8 heteroatoms. The lowest BCUT2D eigenvalue weighted by atomic mass is 10.1. The molecule has 1 amide bonds. The molecule has 25 heavy (non-hydrogen) atoms. The summed E-state index contributed by atoms with van der Waals surface area (Å²) >= 11 is 0. The fourth-order valence-corrected chi connectivity index (χ4v) is 2.85. The molecule has 0 aliphatic carbocycles. The third kappa shape index (κ3) is 4.34. The summed E-state index contributed by atoms with van der Waals surface area (Å²) in [5.41, 5.74) is -0.220. The van der Waals surface area contributed by atoms with Gasteiger partial charge in [0, 0.05) is 37.7 Å². The molecule has 1 fully saturated rings. The van der Waals surface area contributed by atoms with Gasteiger partial charge in [0.15, 0.2) is 11.9 Å². The maximum atomic E-state index is 12.4. The molecule has 0 saturated carbocycles. The highest BCUT2D eigenvalue weighted by Crippen LogP contribution is 2.15. The molecule has 0 aromatic carbocycles. The van der Waals surface area contributed by atoms with Gasteiger partial charge in [-0.25, -0.2) is 4.98 Å². The number of rotatable bonds is 5. The number of piperidine rings is 1. The van der Waals surface area contributed by atoms with E-state index in [-0.39, 0.29) is 17.5 Å². The van der Waals surface area contributed by atoms with Gasteiger partial charge in [-0.2, -0.15) is 0 Å². The number of nitrogens with zero attached hydrogens (tertiary/aromatic N) is 3. The minimum Gasteiger partial charge on any atom is -0.479 e. The van der Waals surface area contributed by atoms with Crippen LogP contribution >= 0.6 is 0 Å². The van der Waals surface area contributed by atoms with Gasteiger partial charge in [0.05, 0.1) is 6.20 Å². The number of carbonyl (C=O) groups is 1. The quantitative estimate of drug-likeness (QED) is 0.830. The van der Waals surface area contributed by atoms with Crippen molar-refractivity contribution >= 4 is 11.7 Å². The van der Waals surface area contributed by atoms with E-state index in [1.807, 2.05) is 4.90 Å². The van der Waals surface area contributed by atoms with Crippen LogP contribution in [0.2, 0.25) is 0 Å². The highest BCUT2D eigenvalue weighted by molar-refractivity contribution is 5.81. The van der Waals surface area contributed by atoms with E-state index in [9.17, 15) is 9.59 Å². The normalized spacial score (nSPS) is 18.4. The van der Waals surface area contributed by atoms with Gasteiger partial charge in [-0.15, -0.1) is 0 Å². The summed E-state index contributed by atoms with van der Waals surface area (Å²) in [4.78, 5) is 36.9. The highest BCUT2D eigenvalue weighted by Gasteiger charge is 2.25. The Labute approximate surface area is 145 Å². The van der Waals surface area contributed by atoms with Crippen LogP contribution in [0.1, 0.15) is 19.8 Å². The van der Waals surface area contributed by atoms with Gasteiger partial charge in [-0.3, -0.25) is 14.6 Å². The Bertz CT molecular complexity index is 764. The molecule has 1 aliphatic rings. The van der Waals surface area contributed by atoms with Crippen molar-refractivity contribution in [3.8, 4) is 5.75 Å². The smallest absolute Gasteiger partial charge is 0.290 e. The molecule has 2 aromatic heterocycles. The number of amides is 1. The number of anilines is 1. The van der Waals surface area contributed by atoms with Crippen LogP contribution in [0.25, 0.3) is 0 Å². The van der Waals surface area contributed by atoms with Crippen molar-refractivity contribution in [1.29, 1.82) is 0 Å². The van der Waals surface area contributed by atoms with Crippen molar-refractivity contribution in [3.05, 3.63) is 47.3 Å². The fraction of sp³-hybridized carbons (Fsp3) is 0.412. The second kappa shape index (κ2) is 7.78. The minimum absolute atomic E-state index is 0.0531. The van der Waals surface area contributed by atoms with Crippen LogP contribution < -0.4 is 20.5 Å². The molecule has 0 bridgehead atoms. The summed E-state index contributed by atoms with van der Waals surface area (Å²) in [6, 6.07) is 3.46. The van der Waals surface area contributed by atoms with E-state index >= 15 is 0 Å². The number of H-pyrrole nitrogens is 1. The predicted octanol–water partition coefficient (Wildman–Crippen LogP) is 0.717. The first-order valence-electron chi connectivity index (χ1n) is 8.29. The lowest BCUT2D eigenvalue weighted by Gasteiger charge is -2.33. The van der Waals surface area contributed by atoms with Gasteiger partial charge in [0.2, 0.25) is 0 Å². The molecule has 1 aliphatic heterocycles. The molecular weight excluding hydrogens is 322 g/mol. The second-order valence-electron chi connectivity index (χ2n) is 5.98. The van der Waals surface area contributed by atoms with Crippen LogP contribution in [0.3, 0.4) is 0 Å². The highest BCUT2D eigenvalue weighted by atomic mass is 16.5. The SMILES string of the molecule is C[C@@H](Oc1cccnc1)C(=O)N[C@H]1CCCN(c2ncc[nH]c2=O)C1. The van der Waals surface area contributed by atoms with Crippen molar-refractivity contribution < 1.29 is 9.53 Å². The summed E-state index contributed by atoms with van der Waals surface area (Å²) in [5.74, 6) is 0.752. The first kappa shape index (κ1) is 16.9. The van der Waals surface area contributed by atoms with E-state index in [1.165, 1.54) is 6.20 Å². The number of hydrogen-bond donors (Lipinski definition) is 2. The number of hydrogen-bond acceptors (Lipinski definition) is 6. The average molecular weight is 343 g/mol. The Hall–Kier alpha value is -2.90. The maximum absolute atomic E-state index is 12.4. The number of pyridine rings is 1. The minimum atomic E-state index is -0.627. The van der Waals surface area contributed by atoms with E-state index in [0.29, 0.717) is 18.1 Å². The number of carbonyl (C=O) groups excluding carboxylic acids is 1. The second-order valence-corrected chi connectivity index (χ2v) is 5.98. The number of ether oxygens (including phenoxy) is 1. The molecular formula is C17H21N5O3.